The zero-order valence-electron chi connectivity index (χ0n) is 13.4. The zero-order chi connectivity index (χ0) is 17.1. The van der Waals surface area contributed by atoms with E-state index in [0.29, 0.717) is 10.8 Å². The van der Waals surface area contributed by atoms with Crippen molar-refractivity contribution in [2.24, 2.45) is 0 Å². The van der Waals surface area contributed by atoms with Gasteiger partial charge in [-0.1, -0.05) is 18.5 Å². The van der Waals surface area contributed by atoms with Crippen LogP contribution in [0.15, 0.2) is 12.1 Å². The first-order valence-electron chi connectivity index (χ1n) is 7.12. The lowest BCUT2D eigenvalue weighted by molar-refractivity contribution is -0.137. The number of benzene rings is 1. The summed E-state index contributed by atoms with van der Waals surface area (Å²) in [4.78, 5) is 16.6. The third kappa shape index (κ3) is 3.76. The predicted octanol–water partition coefficient (Wildman–Crippen LogP) is 4.40. The van der Waals surface area contributed by atoms with Gasteiger partial charge in [-0.05, 0) is 24.6 Å². The molecule has 0 bridgehead atoms. The number of aliphatic carboxylic acids is 1. The molecule has 0 aliphatic heterocycles. The maximum Gasteiger partial charge on any atom is 0.303 e. The van der Waals surface area contributed by atoms with Crippen LogP contribution in [-0.4, -0.2) is 30.2 Å². The molecule has 2 aromatic rings. The maximum absolute atomic E-state index is 11.1. The summed E-state index contributed by atoms with van der Waals surface area (Å²) in [5, 5.41) is 13.5. The highest BCUT2D eigenvalue weighted by molar-refractivity contribution is 7.16. The van der Waals surface area contributed by atoms with E-state index in [-0.39, 0.29) is 12.3 Å². The van der Waals surface area contributed by atoms with E-state index >= 15 is 0 Å². The number of nitrogens with zero attached hydrogens (tertiary/aromatic N) is 1. The first-order valence-corrected chi connectivity index (χ1v) is 8.31. The van der Waals surface area contributed by atoms with Gasteiger partial charge in [0.25, 0.3) is 0 Å². The number of thiazole rings is 1. The summed E-state index contributed by atoms with van der Waals surface area (Å²) in [7, 11) is 3.37. The molecule has 0 aliphatic carbocycles. The van der Waals surface area contributed by atoms with Gasteiger partial charge in [0.2, 0.25) is 0 Å². The van der Waals surface area contributed by atoms with Crippen LogP contribution in [0.2, 0.25) is 5.02 Å². The smallest absolute Gasteiger partial charge is 0.303 e. The van der Waals surface area contributed by atoms with Crippen LogP contribution in [0.3, 0.4) is 0 Å². The van der Waals surface area contributed by atoms with Crippen molar-refractivity contribution >= 4 is 34.0 Å². The number of carbonyl (C=O) groups is 1. The number of halogens is 1. The number of carboxylic acids is 1. The first-order chi connectivity index (χ1) is 10.9. The number of ether oxygens (including phenoxy) is 1. The number of hydrogen-bond acceptors (Lipinski definition) is 5. The van der Waals surface area contributed by atoms with Crippen molar-refractivity contribution in [2.45, 2.75) is 26.2 Å². The number of carboxylic acid groups (broad SMARTS) is 1. The molecule has 0 saturated carbocycles. The monoisotopic (exact) mass is 354 g/mol. The molecule has 1 heterocycles. The average Bonchev–Trinajstić information content (AvgIpc) is 2.93. The Labute approximate surface area is 144 Å². The van der Waals surface area contributed by atoms with Gasteiger partial charge in [0.1, 0.15) is 5.75 Å². The minimum absolute atomic E-state index is 0.0488. The van der Waals surface area contributed by atoms with Gasteiger partial charge in [0.15, 0.2) is 5.13 Å². The van der Waals surface area contributed by atoms with Crippen LogP contribution >= 0.6 is 22.9 Å². The molecule has 124 valence electrons. The highest BCUT2D eigenvalue weighted by Gasteiger charge is 2.23. The fourth-order valence-electron chi connectivity index (χ4n) is 2.34. The molecule has 23 heavy (non-hydrogen) atoms. The molecule has 1 aromatic carbocycles. The van der Waals surface area contributed by atoms with Gasteiger partial charge in [-0.2, -0.15) is 0 Å². The minimum atomic E-state index is -0.831. The fraction of sp³-hybridized carbons (Fsp3) is 0.375. The van der Waals surface area contributed by atoms with E-state index < -0.39 is 5.97 Å². The summed E-state index contributed by atoms with van der Waals surface area (Å²) in [6.07, 6.45) is 0.0488. The highest BCUT2D eigenvalue weighted by atomic mass is 35.5. The molecule has 0 fully saturated rings. The molecule has 0 spiro atoms. The van der Waals surface area contributed by atoms with E-state index in [1.54, 1.807) is 20.2 Å². The van der Waals surface area contributed by atoms with Crippen molar-refractivity contribution in [3.8, 4) is 17.0 Å². The number of nitrogens with one attached hydrogen (secondary N) is 1. The van der Waals surface area contributed by atoms with Gasteiger partial charge < -0.3 is 15.2 Å². The van der Waals surface area contributed by atoms with Crippen LogP contribution in [0.5, 0.6) is 5.75 Å². The number of hydrogen-bond donors (Lipinski definition) is 2. The van der Waals surface area contributed by atoms with Crippen LogP contribution in [0, 0.1) is 6.92 Å². The van der Waals surface area contributed by atoms with Crippen LogP contribution in [0.1, 0.15) is 29.7 Å². The molecule has 2 rings (SSSR count). The Balaban J connectivity index is 2.61. The zero-order valence-corrected chi connectivity index (χ0v) is 15.0. The van der Waals surface area contributed by atoms with Crippen molar-refractivity contribution in [1.82, 2.24) is 4.98 Å². The van der Waals surface area contributed by atoms with Crippen LogP contribution in [0.25, 0.3) is 11.3 Å². The second-order valence-electron chi connectivity index (χ2n) is 5.28. The largest absolute Gasteiger partial charge is 0.496 e. The molecule has 0 aliphatic rings. The fourth-order valence-corrected chi connectivity index (χ4v) is 3.48. The Morgan fingerprint density at radius 1 is 1.52 bits per heavy atom. The van der Waals surface area contributed by atoms with E-state index in [4.69, 9.17) is 21.4 Å². The summed E-state index contributed by atoms with van der Waals surface area (Å²) < 4.78 is 5.44. The van der Waals surface area contributed by atoms with Crippen molar-refractivity contribution in [3.05, 3.63) is 27.6 Å². The second-order valence-corrected chi connectivity index (χ2v) is 6.72. The Bertz CT molecular complexity index is 730. The maximum atomic E-state index is 11.1. The minimum Gasteiger partial charge on any atom is -0.496 e. The van der Waals surface area contributed by atoms with E-state index in [1.807, 2.05) is 19.9 Å². The van der Waals surface area contributed by atoms with E-state index in [0.717, 1.165) is 26.8 Å². The Morgan fingerprint density at radius 3 is 2.78 bits per heavy atom. The number of anilines is 1. The third-order valence-corrected chi connectivity index (χ3v) is 5.24. The molecule has 1 unspecified atom stereocenters. The molecular formula is C16H19ClN2O3S. The molecule has 1 atom stereocenters. The van der Waals surface area contributed by atoms with Gasteiger partial charge in [0, 0.05) is 28.4 Å². The van der Waals surface area contributed by atoms with Crippen molar-refractivity contribution in [3.63, 3.8) is 0 Å². The SMILES string of the molecule is CNc1nc(-c2cc(C)c(Cl)cc2OC)c(C(C)CC(=O)O)s1. The van der Waals surface area contributed by atoms with Crippen molar-refractivity contribution < 1.29 is 14.6 Å². The van der Waals surface area contributed by atoms with E-state index in [9.17, 15) is 4.79 Å². The van der Waals surface area contributed by atoms with Crippen LogP contribution < -0.4 is 10.1 Å². The second kappa shape index (κ2) is 7.19. The van der Waals surface area contributed by atoms with Gasteiger partial charge >= 0.3 is 5.97 Å². The molecular weight excluding hydrogens is 336 g/mol. The number of aromatic nitrogens is 1. The lowest BCUT2D eigenvalue weighted by Gasteiger charge is -2.13. The molecule has 0 radical (unpaired) electrons. The summed E-state index contributed by atoms with van der Waals surface area (Å²) in [5.41, 5.74) is 2.47. The number of aryl methyl sites for hydroxylation is 1. The number of rotatable bonds is 6. The summed E-state index contributed by atoms with van der Waals surface area (Å²) in [5.74, 6) is -0.359. The van der Waals surface area contributed by atoms with Gasteiger partial charge in [0.05, 0.1) is 19.2 Å². The molecule has 0 saturated heterocycles. The first kappa shape index (κ1) is 17.6. The normalized spacial score (nSPS) is 12.0. The lowest BCUT2D eigenvalue weighted by Crippen LogP contribution is -2.03. The standard InChI is InChI=1S/C16H19ClN2O3S/c1-8-5-10(12(22-4)7-11(8)17)14-15(9(2)6-13(20)21)23-16(18-3)19-14/h5,7,9H,6H2,1-4H3,(H,18,19)(H,20,21). The predicted molar refractivity (Wildman–Crippen MR) is 94.1 cm³/mol. The van der Waals surface area contributed by atoms with Crippen LogP contribution in [-0.2, 0) is 4.79 Å². The summed E-state index contributed by atoms with van der Waals surface area (Å²) in [6.45, 7) is 3.80. The van der Waals surface area contributed by atoms with Gasteiger partial charge in [-0.25, -0.2) is 4.98 Å². The molecule has 7 heteroatoms. The average molecular weight is 355 g/mol. The Kier molecular flexibility index (Phi) is 5.49. The Morgan fingerprint density at radius 2 is 2.22 bits per heavy atom. The van der Waals surface area contributed by atoms with Gasteiger partial charge in [-0.15, -0.1) is 11.3 Å². The summed E-state index contributed by atoms with van der Waals surface area (Å²) in [6, 6.07) is 3.68. The number of methoxy groups -OCH3 is 1. The van der Waals surface area contributed by atoms with Gasteiger partial charge in [-0.3, -0.25) is 4.79 Å². The highest BCUT2D eigenvalue weighted by Crippen LogP contribution is 2.42. The molecule has 5 nitrogen and oxygen atoms in total. The lowest BCUT2D eigenvalue weighted by atomic mass is 9.99. The third-order valence-electron chi connectivity index (χ3n) is 3.53. The van der Waals surface area contributed by atoms with E-state index in [1.165, 1.54) is 11.3 Å². The molecule has 2 N–H and O–H groups in total. The topological polar surface area (TPSA) is 71.5 Å². The molecule has 0 amide bonds. The van der Waals surface area contributed by atoms with E-state index in [2.05, 4.69) is 10.3 Å². The Hall–Kier alpha value is -1.79. The summed E-state index contributed by atoms with van der Waals surface area (Å²) >= 11 is 7.63. The van der Waals surface area contributed by atoms with Crippen LogP contribution in [0.4, 0.5) is 5.13 Å². The molecule has 1 aromatic heterocycles. The quantitative estimate of drug-likeness (QED) is 0.804. The van der Waals surface area contributed by atoms with Crippen molar-refractivity contribution in [1.29, 1.82) is 0 Å². The van der Waals surface area contributed by atoms with Crippen molar-refractivity contribution in [2.75, 3.05) is 19.5 Å².